The van der Waals surface area contributed by atoms with Gasteiger partial charge in [-0.3, -0.25) is 4.79 Å². The average molecular weight is 239 g/mol. The normalized spacial score (nSPS) is 13.4. The Morgan fingerprint density at radius 1 is 1.00 bits per heavy atom. The summed E-state index contributed by atoms with van der Waals surface area (Å²) in [6, 6.07) is 0. The Balaban J connectivity index is 0. The molecule has 0 heterocycles. The van der Waals surface area contributed by atoms with Crippen molar-refractivity contribution >= 4 is 5.78 Å². The first-order valence-electron chi connectivity index (χ1n) is 4.51. The Morgan fingerprint density at radius 3 is 1.57 bits per heavy atom. The van der Waals surface area contributed by atoms with Gasteiger partial charge in [0, 0.05) is 16.9 Å². The molecular weight excluding hydrogens is 219 g/mol. The Labute approximate surface area is 97.3 Å². The number of hydrogen-bond acceptors (Lipinski definition) is 2. The SMILES string of the molecule is CC(C)(C)C(=O)/C=C(\O)C(C)(C)C.[Mn+2]. The molecule has 0 aliphatic carbocycles. The van der Waals surface area contributed by atoms with E-state index in [1.807, 2.05) is 41.5 Å². The van der Waals surface area contributed by atoms with Crippen LogP contribution in [-0.2, 0) is 21.9 Å². The van der Waals surface area contributed by atoms with Gasteiger partial charge in [-0.25, -0.2) is 0 Å². The minimum atomic E-state index is -0.417. The van der Waals surface area contributed by atoms with Crippen LogP contribution in [0.3, 0.4) is 0 Å². The van der Waals surface area contributed by atoms with E-state index in [-0.39, 0.29) is 34.0 Å². The molecular formula is C11H20MnO2+2. The number of aliphatic hydroxyl groups is 1. The molecule has 0 saturated heterocycles. The van der Waals surface area contributed by atoms with E-state index in [0.717, 1.165) is 0 Å². The monoisotopic (exact) mass is 239 g/mol. The zero-order valence-corrected chi connectivity index (χ0v) is 11.0. The second-order valence-corrected chi connectivity index (χ2v) is 5.39. The number of hydrogen-bond donors (Lipinski definition) is 1. The fraction of sp³-hybridized carbons (Fsp3) is 0.727. The summed E-state index contributed by atoms with van der Waals surface area (Å²) < 4.78 is 0. The molecule has 0 aromatic carbocycles. The summed E-state index contributed by atoms with van der Waals surface area (Å²) in [6.07, 6.45) is 1.33. The van der Waals surface area contributed by atoms with Crippen molar-refractivity contribution in [2.24, 2.45) is 10.8 Å². The summed E-state index contributed by atoms with van der Waals surface area (Å²) >= 11 is 0. The molecule has 0 atom stereocenters. The molecule has 0 rings (SSSR count). The van der Waals surface area contributed by atoms with Crippen LogP contribution >= 0.6 is 0 Å². The first kappa shape index (κ1) is 16.2. The summed E-state index contributed by atoms with van der Waals surface area (Å²) in [4.78, 5) is 11.5. The van der Waals surface area contributed by atoms with Gasteiger partial charge in [0.2, 0.25) is 0 Å². The molecule has 0 bridgehead atoms. The molecule has 81 valence electrons. The van der Waals surface area contributed by atoms with Crippen LogP contribution in [0.25, 0.3) is 0 Å². The molecule has 0 unspecified atom stereocenters. The number of carbonyl (C=O) groups excluding carboxylic acids is 1. The van der Waals surface area contributed by atoms with Crippen molar-refractivity contribution in [1.82, 2.24) is 0 Å². The quantitative estimate of drug-likeness (QED) is 0.433. The molecule has 3 heteroatoms. The van der Waals surface area contributed by atoms with Gasteiger partial charge in [0.15, 0.2) is 5.78 Å². The predicted octanol–water partition coefficient (Wildman–Crippen LogP) is 3.09. The third kappa shape index (κ3) is 5.46. The molecule has 0 spiro atoms. The summed E-state index contributed by atoms with van der Waals surface area (Å²) in [7, 11) is 0. The number of ketones is 1. The molecule has 0 amide bonds. The molecule has 14 heavy (non-hydrogen) atoms. The third-order valence-electron chi connectivity index (χ3n) is 1.78. The van der Waals surface area contributed by atoms with Gasteiger partial charge in [0.05, 0.1) is 0 Å². The van der Waals surface area contributed by atoms with Crippen molar-refractivity contribution in [3.63, 3.8) is 0 Å². The average Bonchev–Trinajstić information content (AvgIpc) is 1.82. The van der Waals surface area contributed by atoms with Gasteiger partial charge in [-0.15, -0.1) is 0 Å². The Hall–Kier alpha value is -0.271. The molecule has 2 nitrogen and oxygen atoms in total. The molecule has 1 N–H and O–H groups in total. The van der Waals surface area contributed by atoms with Gasteiger partial charge < -0.3 is 5.11 Å². The molecule has 1 radical (unpaired) electrons. The van der Waals surface area contributed by atoms with Crippen LogP contribution < -0.4 is 0 Å². The first-order chi connectivity index (χ1) is 5.55. The second-order valence-electron chi connectivity index (χ2n) is 5.39. The van der Waals surface area contributed by atoms with E-state index >= 15 is 0 Å². The van der Waals surface area contributed by atoms with Crippen LogP contribution in [0.1, 0.15) is 41.5 Å². The van der Waals surface area contributed by atoms with Crippen molar-refractivity contribution in [3.05, 3.63) is 11.8 Å². The molecule has 0 aromatic heterocycles. The van der Waals surface area contributed by atoms with E-state index in [4.69, 9.17) is 0 Å². The van der Waals surface area contributed by atoms with Gasteiger partial charge >= 0.3 is 17.1 Å². The fourth-order valence-corrected chi connectivity index (χ4v) is 0.557. The van der Waals surface area contributed by atoms with Crippen LogP contribution in [0, 0.1) is 10.8 Å². The van der Waals surface area contributed by atoms with Gasteiger partial charge in [0.25, 0.3) is 0 Å². The zero-order valence-electron chi connectivity index (χ0n) is 9.81. The minimum Gasteiger partial charge on any atom is -0.512 e. The topological polar surface area (TPSA) is 37.3 Å². The van der Waals surface area contributed by atoms with E-state index < -0.39 is 5.41 Å². The van der Waals surface area contributed by atoms with Crippen LogP contribution in [0.5, 0.6) is 0 Å². The van der Waals surface area contributed by atoms with Crippen molar-refractivity contribution in [1.29, 1.82) is 0 Å². The van der Waals surface area contributed by atoms with E-state index in [2.05, 4.69) is 0 Å². The van der Waals surface area contributed by atoms with Gasteiger partial charge in [-0.2, -0.15) is 0 Å². The molecule has 0 fully saturated rings. The third-order valence-corrected chi connectivity index (χ3v) is 1.78. The summed E-state index contributed by atoms with van der Waals surface area (Å²) in [6.45, 7) is 11.1. The van der Waals surface area contributed by atoms with Crippen molar-refractivity contribution < 1.29 is 27.0 Å². The summed E-state index contributed by atoms with van der Waals surface area (Å²) in [5.74, 6) is 0.104. The van der Waals surface area contributed by atoms with Crippen molar-refractivity contribution in [2.45, 2.75) is 41.5 Å². The summed E-state index contributed by atoms with van der Waals surface area (Å²) in [5.41, 5.74) is -0.764. The van der Waals surface area contributed by atoms with Crippen LogP contribution in [0.2, 0.25) is 0 Å². The van der Waals surface area contributed by atoms with E-state index in [0.29, 0.717) is 0 Å². The molecule has 0 aliphatic rings. The number of carbonyl (C=O) groups is 1. The number of allylic oxidation sites excluding steroid dienone is 2. The van der Waals surface area contributed by atoms with E-state index in [9.17, 15) is 9.90 Å². The first-order valence-corrected chi connectivity index (χ1v) is 4.51. The Morgan fingerprint density at radius 2 is 1.36 bits per heavy atom. The summed E-state index contributed by atoms with van der Waals surface area (Å²) in [5, 5.41) is 9.56. The maximum Gasteiger partial charge on any atom is 2.00 e. The largest absolute Gasteiger partial charge is 2.00 e. The van der Waals surface area contributed by atoms with E-state index in [1.165, 1.54) is 6.08 Å². The van der Waals surface area contributed by atoms with Crippen molar-refractivity contribution in [2.75, 3.05) is 0 Å². The number of aliphatic hydroxyl groups excluding tert-OH is 1. The van der Waals surface area contributed by atoms with Gasteiger partial charge in [-0.05, 0) is 0 Å². The van der Waals surface area contributed by atoms with Gasteiger partial charge in [0.1, 0.15) is 5.76 Å². The molecule has 0 aliphatic heterocycles. The number of rotatable bonds is 1. The fourth-order valence-electron chi connectivity index (χ4n) is 0.557. The second kappa shape index (κ2) is 4.99. The molecule has 0 saturated carbocycles. The van der Waals surface area contributed by atoms with Crippen molar-refractivity contribution in [3.8, 4) is 0 Å². The Bertz CT molecular complexity index is 229. The smallest absolute Gasteiger partial charge is 0.512 e. The van der Waals surface area contributed by atoms with Crippen LogP contribution in [0.15, 0.2) is 11.8 Å². The maximum absolute atomic E-state index is 11.5. The van der Waals surface area contributed by atoms with Crippen LogP contribution in [0.4, 0.5) is 0 Å². The van der Waals surface area contributed by atoms with E-state index in [1.54, 1.807) is 0 Å². The standard InChI is InChI=1S/C11H20O2.Mn/c1-10(2,3)8(12)7-9(13)11(4,5)6;/h7,12H,1-6H3;/q;+2/b8-7-;. The minimum absolute atomic E-state index is 0. The molecule has 0 aromatic rings. The zero-order chi connectivity index (χ0) is 10.9. The van der Waals surface area contributed by atoms with Crippen LogP contribution in [-0.4, -0.2) is 10.9 Å². The maximum atomic E-state index is 11.5. The van der Waals surface area contributed by atoms with Gasteiger partial charge in [-0.1, -0.05) is 41.5 Å². The predicted molar refractivity (Wildman–Crippen MR) is 54.6 cm³/mol. The Kier molecular flexibility index (Phi) is 5.77.